The van der Waals surface area contributed by atoms with Crippen LogP contribution in [0.1, 0.15) is 35.6 Å². The summed E-state index contributed by atoms with van der Waals surface area (Å²) < 4.78 is 0. The average molecular weight is 328 g/mol. The van der Waals surface area contributed by atoms with Crippen LogP contribution in [0.3, 0.4) is 0 Å². The molecule has 3 rings (SSSR count). The van der Waals surface area contributed by atoms with E-state index < -0.39 is 0 Å². The Labute approximate surface area is 150 Å². The summed E-state index contributed by atoms with van der Waals surface area (Å²) in [5.41, 5.74) is 6.00. The molecular formula is C24H24O. The molecule has 0 aliphatic heterocycles. The molecule has 3 aromatic carbocycles. The highest BCUT2D eigenvalue weighted by molar-refractivity contribution is 5.83. The van der Waals surface area contributed by atoms with Gasteiger partial charge < -0.3 is 5.11 Å². The van der Waals surface area contributed by atoms with Crippen molar-refractivity contribution >= 4 is 11.6 Å². The molecule has 0 spiro atoms. The van der Waals surface area contributed by atoms with E-state index in [1.54, 1.807) is 6.07 Å². The summed E-state index contributed by atoms with van der Waals surface area (Å²) in [6, 6.07) is 26.8. The highest BCUT2D eigenvalue weighted by Gasteiger charge is 2.06. The molecule has 0 aliphatic carbocycles. The highest BCUT2D eigenvalue weighted by atomic mass is 16.3. The molecule has 0 bridgehead atoms. The third kappa shape index (κ3) is 4.60. The Hall–Kier alpha value is -2.80. The lowest BCUT2D eigenvalue weighted by Crippen LogP contribution is -1.91. The summed E-state index contributed by atoms with van der Waals surface area (Å²) in [5, 5.41) is 10.1. The van der Waals surface area contributed by atoms with Crippen molar-refractivity contribution in [3.05, 3.63) is 101 Å². The Morgan fingerprint density at radius 2 is 1.48 bits per heavy atom. The average Bonchev–Trinajstić information content (AvgIpc) is 2.67. The number of aryl methyl sites for hydroxylation is 2. The summed E-state index contributed by atoms with van der Waals surface area (Å²) in [4.78, 5) is 0. The number of hydrogen-bond acceptors (Lipinski definition) is 1. The van der Waals surface area contributed by atoms with Gasteiger partial charge in [0.05, 0.1) is 0 Å². The van der Waals surface area contributed by atoms with Crippen molar-refractivity contribution in [3.63, 3.8) is 0 Å². The van der Waals surface area contributed by atoms with Crippen molar-refractivity contribution < 1.29 is 5.11 Å². The van der Waals surface area contributed by atoms with Crippen molar-refractivity contribution in [1.29, 1.82) is 0 Å². The molecule has 0 fully saturated rings. The molecule has 0 aromatic heterocycles. The van der Waals surface area contributed by atoms with Gasteiger partial charge in [-0.25, -0.2) is 0 Å². The maximum atomic E-state index is 10.1. The number of rotatable bonds is 6. The number of phenols is 1. The number of hydrogen-bond donors (Lipinski definition) is 1. The van der Waals surface area contributed by atoms with Crippen LogP contribution in [-0.2, 0) is 12.8 Å². The Bertz CT molecular complexity index is 829. The second-order valence-corrected chi connectivity index (χ2v) is 6.26. The van der Waals surface area contributed by atoms with Gasteiger partial charge in [-0.05, 0) is 53.7 Å². The first-order valence-electron chi connectivity index (χ1n) is 8.88. The molecule has 0 heterocycles. The quantitative estimate of drug-likeness (QED) is 0.540. The van der Waals surface area contributed by atoms with Crippen LogP contribution in [0.15, 0.2) is 78.9 Å². The Morgan fingerprint density at radius 3 is 2.16 bits per heavy atom. The lowest BCUT2D eigenvalue weighted by molar-refractivity contribution is 0.474. The summed E-state index contributed by atoms with van der Waals surface area (Å²) in [7, 11) is 0. The summed E-state index contributed by atoms with van der Waals surface area (Å²) in [6.45, 7) is 2.17. The van der Waals surface area contributed by atoms with Gasteiger partial charge in [-0.3, -0.25) is 0 Å². The SMILES string of the molecule is CCc1ccc(C(=Cc2ccccc2O)CCc2ccccc2)cc1. The Balaban J connectivity index is 1.91. The molecule has 1 N–H and O–H groups in total. The first-order valence-corrected chi connectivity index (χ1v) is 8.88. The van der Waals surface area contributed by atoms with Crippen LogP contribution in [0.5, 0.6) is 5.75 Å². The smallest absolute Gasteiger partial charge is 0.122 e. The molecule has 0 atom stereocenters. The third-order valence-electron chi connectivity index (χ3n) is 4.53. The first kappa shape index (κ1) is 17.0. The highest BCUT2D eigenvalue weighted by Crippen LogP contribution is 2.27. The van der Waals surface area contributed by atoms with E-state index in [2.05, 4.69) is 61.5 Å². The second-order valence-electron chi connectivity index (χ2n) is 6.26. The van der Waals surface area contributed by atoms with Gasteiger partial charge in [-0.2, -0.15) is 0 Å². The minimum absolute atomic E-state index is 0.324. The molecule has 0 radical (unpaired) electrons. The van der Waals surface area contributed by atoms with E-state index in [-0.39, 0.29) is 0 Å². The van der Waals surface area contributed by atoms with Gasteiger partial charge >= 0.3 is 0 Å². The van der Waals surface area contributed by atoms with Crippen LogP contribution in [0.25, 0.3) is 11.6 Å². The molecule has 0 unspecified atom stereocenters. The van der Waals surface area contributed by atoms with Gasteiger partial charge in [-0.15, -0.1) is 0 Å². The van der Waals surface area contributed by atoms with Crippen molar-refractivity contribution in [3.8, 4) is 5.75 Å². The molecule has 1 nitrogen and oxygen atoms in total. The molecule has 0 amide bonds. The molecular weight excluding hydrogens is 304 g/mol. The summed E-state index contributed by atoms with van der Waals surface area (Å²) >= 11 is 0. The number of benzene rings is 3. The number of para-hydroxylation sites is 1. The lowest BCUT2D eigenvalue weighted by atomic mass is 9.95. The number of phenolic OH excluding ortho intramolecular Hbond substituents is 1. The van der Waals surface area contributed by atoms with Gasteiger partial charge in [0, 0.05) is 5.56 Å². The van der Waals surface area contributed by atoms with Crippen LogP contribution < -0.4 is 0 Å². The fourth-order valence-electron chi connectivity index (χ4n) is 2.98. The largest absolute Gasteiger partial charge is 0.507 e. The molecule has 126 valence electrons. The van der Waals surface area contributed by atoms with Gasteiger partial charge in [0.15, 0.2) is 0 Å². The zero-order valence-corrected chi connectivity index (χ0v) is 14.7. The third-order valence-corrected chi connectivity index (χ3v) is 4.53. The zero-order valence-electron chi connectivity index (χ0n) is 14.7. The van der Waals surface area contributed by atoms with Crippen LogP contribution in [0, 0.1) is 0 Å². The standard InChI is InChI=1S/C24H24O/c1-2-19-12-15-21(16-13-19)22(17-14-20-8-4-3-5-9-20)18-23-10-6-7-11-24(23)25/h3-13,15-16,18,25H,2,14,17H2,1H3. The van der Waals surface area contributed by atoms with E-state index in [4.69, 9.17) is 0 Å². The predicted molar refractivity (Wildman–Crippen MR) is 107 cm³/mol. The molecule has 3 aromatic rings. The topological polar surface area (TPSA) is 20.2 Å². The monoisotopic (exact) mass is 328 g/mol. The lowest BCUT2D eigenvalue weighted by Gasteiger charge is -2.10. The molecule has 0 saturated heterocycles. The minimum Gasteiger partial charge on any atom is -0.507 e. The van der Waals surface area contributed by atoms with Crippen molar-refractivity contribution in [1.82, 2.24) is 0 Å². The van der Waals surface area contributed by atoms with Crippen molar-refractivity contribution in [2.24, 2.45) is 0 Å². The molecule has 0 saturated carbocycles. The van der Waals surface area contributed by atoms with Gasteiger partial charge in [0.2, 0.25) is 0 Å². The molecule has 1 heteroatoms. The maximum Gasteiger partial charge on any atom is 0.122 e. The normalized spacial score (nSPS) is 11.5. The molecule has 0 aliphatic rings. The van der Waals surface area contributed by atoms with Gasteiger partial charge in [0.1, 0.15) is 5.75 Å². The van der Waals surface area contributed by atoms with E-state index in [9.17, 15) is 5.11 Å². The van der Waals surface area contributed by atoms with Crippen LogP contribution in [-0.4, -0.2) is 5.11 Å². The van der Waals surface area contributed by atoms with Crippen molar-refractivity contribution in [2.45, 2.75) is 26.2 Å². The van der Waals surface area contributed by atoms with E-state index in [1.807, 2.05) is 24.3 Å². The minimum atomic E-state index is 0.324. The predicted octanol–water partition coefficient (Wildman–Crippen LogP) is 6.13. The van der Waals surface area contributed by atoms with Crippen LogP contribution >= 0.6 is 0 Å². The van der Waals surface area contributed by atoms with E-state index in [1.165, 1.54) is 22.3 Å². The fourth-order valence-corrected chi connectivity index (χ4v) is 2.98. The second kappa shape index (κ2) is 8.34. The first-order chi connectivity index (χ1) is 12.3. The molecule has 25 heavy (non-hydrogen) atoms. The number of allylic oxidation sites excluding steroid dienone is 1. The Morgan fingerprint density at radius 1 is 0.800 bits per heavy atom. The van der Waals surface area contributed by atoms with Crippen LogP contribution in [0.2, 0.25) is 0 Å². The summed E-state index contributed by atoms with van der Waals surface area (Å²) in [5.74, 6) is 0.324. The van der Waals surface area contributed by atoms with Crippen LogP contribution in [0.4, 0.5) is 0 Å². The number of aromatic hydroxyl groups is 1. The fraction of sp³-hybridized carbons (Fsp3) is 0.167. The van der Waals surface area contributed by atoms with E-state index >= 15 is 0 Å². The van der Waals surface area contributed by atoms with Crippen molar-refractivity contribution in [2.75, 3.05) is 0 Å². The Kier molecular flexibility index (Phi) is 5.69. The van der Waals surface area contributed by atoms with Gasteiger partial charge in [0.25, 0.3) is 0 Å². The van der Waals surface area contributed by atoms with E-state index in [0.717, 1.165) is 24.8 Å². The maximum absolute atomic E-state index is 10.1. The zero-order chi connectivity index (χ0) is 17.5. The van der Waals surface area contributed by atoms with E-state index in [0.29, 0.717) is 5.75 Å². The van der Waals surface area contributed by atoms with Gasteiger partial charge in [-0.1, -0.05) is 79.7 Å². The summed E-state index contributed by atoms with van der Waals surface area (Å²) in [6.07, 6.45) is 5.07.